The highest BCUT2D eigenvalue weighted by Gasteiger charge is 2.43. The van der Waals surface area contributed by atoms with Crippen LogP contribution in [0.15, 0.2) is 22.7 Å². The van der Waals surface area contributed by atoms with Crippen molar-refractivity contribution in [2.45, 2.75) is 18.9 Å². The molecule has 5 nitrogen and oxygen atoms in total. The van der Waals surface area contributed by atoms with Crippen molar-refractivity contribution in [3.05, 3.63) is 32.8 Å². The highest BCUT2D eigenvalue weighted by molar-refractivity contribution is 9.10. The summed E-state index contributed by atoms with van der Waals surface area (Å²) in [5.41, 5.74) is 0.790. The molecule has 1 aliphatic heterocycles. The second kappa shape index (κ2) is 4.76. The standard InChI is InChI=1S/C13H15BrN2O3/c14-9-2-3-11(16(18)19)12(5-9)15-6-8-1-4-13(17)10(8)7-15/h2-3,5,8,10,13,17H,1,4,6-7H2. The Bertz CT molecular complexity index is 523. The van der Waals surface area contributed by atoms with Gasteiger partial charge in [0.1, 0.15) is 5.69 Å². The molecule has 1 N–H and O–H groups in total. The van der Waals surface area contributed by atoms with Gasteiger partial charge in [-0.15, -0.1) is 0 Å². The van der Waals surface area contributed by atoms with Crippen molar-refractivity contribution in [3.63, 3.8) is 0 Å². The topological polar surface area (TPSA) is 66.6 Å². The maximum absolute atomic E-state index is 11.1. The number of hydrogen-bond donors (Lipinski definition) is 1. The summed E-state index contributed by atoms with van der Waals surface area (Å²) >= 11 is 3.37. The first-order valence-corrected chi connectivity index (χ1v) is 7.22. The van der Waals surface area contributed by atoms with Crippen LogP contribution in [0.2, 0.25) is 0 Å². The molecule has 3 unspecified atom stereocenters. The summed E-state index contributed by atoms with van der Waals surface area (Å²) in [6.07, 6.45) is 1.63. The zero-order valence-corrected chi connectivity index (χ0v) is 11.9. The van der Waals surface area contributed by atoms with Crippen LogP contribution in [0.5, 0.6) is 0 Å². The lowest BCUT2D eigenvalue weighted by atomic mass is 10.00. The van der Waals surface area contributed by atoms with Crippen molar-refractivity contribution in [2.75, 3.05) is 18.0 Å². The Morgan fingerprint density at radius 3 is 2.84 bits per heavy atom. The van der Waals surface area contributed by atoms with Crippen molar-refractivity contribution >= 4 is 27.3 Å². The molecule has 0 aromatic heterocycles. The lowest BCUT2D eigenvalue weighted by molar-refractivity contribution is -0.384. The minimum Gasteiger partial charge on any atom is -0.393 e. The molecule has 102 valence electrons. The van der Waals surface area contributed by atoms with Gasteiger partial charge in [0.05, 0.1) is 11.0 Å². The monoisotopic (exact) mass is 326 g/mol. The lowest BCUT2D eigenvalue weighted by Gasteiger charge is -2.20. The van der Waals surface area contributed by atoms with Crippen LogP contribution < -0.4 is 4.90 Å². The van der Waals surface area contributed by atoms with Crippen LogP contribution in [0.1, 0.15) is 12.8 Å². The van der Waals surface area contributed by atoms with Gasteiger partial charge in [-0.3, -0.25) is 10.1 Å². The minimum atomic E-state index is -0.341. The number of nitro benzene ring substituents is 1. The molecule has 19 heavy (non-hydrogen) atoms. The molecule has 0 spiro atoms. The van der Waals surface area contributed by atoms with Crippen LogP contribution in [0.25, 0.3) is 0 Å². The number of nitrogens with zero attached hydrogens (tertiary/aromatic N) is 2. The van der Waals surface area contributed by atoms with Gasteiger partial charge >= 0.3 is 0 Å². The van der Waals surface area contributed by atoms with Gasteiger partial charge in [-0.25, -0.2) is 0 Å². The van der Waals surface area contributed by atoms with Crippen LogP contribution >= 0.6 is 15.9 Å². The van der Waals surface area contributed by atoms with Crippen molar-refractivity contribution in [1.29, 1.82) is 0 Å². The first-order valence-electron chi connectivity index (χ1n) is 6.43. The smallest absolute Gasteiger partial charge is 0.292 e. The molecular weight excluding hydrogens is 312 g/mol. The van der Waals surface area contributed by atoms with E-state index in [0.29, 0.717) is 18.2 Å². The Kier molecular flexibility index (Phi) is 3.22. The molecular formula is C13H15BrN2O3. The van der Waals surface area contributed by atoms with Gasteiger partial charge in [0, 0.05) is 29.5 Å². The molecule has 6 heteroatoms. The number of anilines is 1. The summed E-state index contributed by atoms with van der Waals surface area (Å²) < 4.78 is 0.839. The van der Waals surface area contributed by atoms with Gasteiger partial charge < -0.3 is 10.0 Å². The molecule has 1 aromatic rings. The molecule has 3 rings (SSSR count). The third-order valence-corrected chi connectivity index (χ3v) is 4.79. The van der Waals surface area contributed by atoms with Crippen molar-refractivity contribution in [1.82, 2.24) is 0 Å². The van der Waals surface area contributed by atoms with Crippen molar-refractivity contribution in [2.24, 2.45) is 11.8 Å². The zero-order chi connectivity index (χ0) is 13.6. The summed E-state index contributed by atoms with van der Waals surface area (Å²) in [7, 11) is 0. The highest BCUT2D eigenvalue weighted by atomic mass is 79.9. The average Bonchev–Trinajstić information content (AvgIpc) is 2.91. The Balaban J connectivity index is 1.91. The van der Waals surface area contributed by atoms with Crippen molar-refractivity contribution < 1.29 is 10.0 Å². The quantitative estimate of drug-likeness (QED) is 0.670. The molecule has 2 fully saturated rings. The average molecular weight is 327 g/mol. The molecule has 1 aromatic carbocycles. The molecule has 1 heterocycles. The van der Waals surface area contributed by atoms with Crippen LogP contribution in [0.3, 0.4) is 0 Å². The number of benzene rings is 1. The maximum Gasteiger partial charge on any atom is 0.292 e. The van der Waals surface area contributed by atoms with Crippen molar-refractivity contribution in [3.8, 4) is 0 Å². The molecule has 1 saturated carbocycles. The Morgan fingerprint density at radius 1 is 1.37 bits per heavy atom. The number of rotatable bonds is 2. The summed E-state index contributed by atoms with van der Waals surface area (Å²) in [5, 5.41) is 21.0. The largest absolute Gasteiger partial charge is 0.393 e. The molecule has 0 radical (unpaired) electrons. The molecule has 1 saturated heterocycles. The second-order valence-electron chi connectivity index (χ2n) is 5.36. The van der Waals surface area contributed by atoms with Gasteiger partial charge in [-0.1, -0.05) is 15.9 Å². The van der Waals surface area contributed by atoms with Crippen LogP contribution in [0.4, 0.5) is 11.4 Å². The van der Waals surface area contributed by atoms with Gasteiger partial charge in [-0.2, -0.15) is 0 Å². The van der Waals surface area contributed by atoms with Gasteiger partial charge in [-0.05, 0) is 30.9 Å². The van der Waals surface area contributed by atoms with Gasteiger partial charge in [0.15, 0.2) is 0 Å². The molecule has 3 atom stereocenters. The third-order valence-electron chi connectivity index (χ3n) is 4.29. The van der Waals surface area contributed by atoms with Crippen LogP contribution in [-0.4, -0.2) is 29.2 Å². The fourth-order valence-corrected chi connectivity index (χ4v) is 3.69. The molecule has 0 bridgehead atoms. The third kappa shape index (κ3) is 2.23. The predicted molar refractivity (Wildman–Crippen MR) is 75.2 cm³/mol. The van der Waals surface area contributed by atoms with E-state index in [0.717, 1.165) is 23.9 Å². The fourth-order valence-electron chi connectivity index (χ4n) is 3.34. The zero-order valence-electron chi connectivity index (χ0n) is 10.3. The number of fused-ring (bicyclic) bond motifs is 1. The Hall–Kier alpha value is -1.14. The van der Waals surface area contributed by atoms with E-state index in [1.807, 2.05) is 4.90 Å². The van der Waals surface area contributed by atoms with E-state index in [-0.39, 0.29) is 22.6 Å². The van der Waals surface area contributed by atoms with Gasteiger partial charge in [0.2, 0.25) is 0 Å². The summed E-state index contributed by atoms with van der Waals surface area (Å²) in [6, 6.07) is 5.02. The molecule has 0 amide bonds. The number of aliphatic hydroxyl groups excluding tert-OH is 1. The predicted octanol–water partition coefficient (Wildman–Crippen LogP) is 2.56. The number of hydrogen-bond acceptors (Lipinski definition) is 4. The Morgan fingerprint density at radius 2 is 2.16 bits per heavy atom. The van der Waals surface area contributed by atoms with Crippen LogP contribution in [-0.2, 0) is 0 Å². The van der Waals surface area contributed by atoms with E-state index in [1.165, 1.54) is 6.07 Å². The number of aliphatic hydroxyl groups is 1. The summed E-state index contributed by atoms with van der Waals surface area (Å²) in [5.74, 6) is 0.729. The first kappa shape index (κ1) is 12.9. The maximum atomic E-state index is 11.1. The minimum absolute atomic E-state index is 0.137. The number of halogens is 1. The normalized spacial score (nSPS) is 29.6. The molecule has 1 aliphatic carbocycles. The lowest BCUT2D eigenvalue weighted by Crippen LogP contribution is -2.25. The first-order chi connectivity index (χ1) is 9.06. The van der Waals surface area contributed by atoms with Crippen LogP contribution in [0, 0.1) is 22.0 Å². The van der Waals surface area contributed by atoms with Gasteiger partial charge in [0.25, 0.3) is 5.69 Å². The van der Waals surface area contributed by atoms with E-state index < -0.39 is 0 Å². The van der Waals surface area contributed by atoms with E-state index in [1.54, 1.807) is 12.1 Å². The number of nitro groups is 1. The summed E-state index contributed by atoms with van der Waals surface area (Å²) in [4.78, 5) is 12.8. The summed E-state index contributed by atoms with van der Waals surface area (Å²) in [6.45, 7) is 1.52. The van der Waals surface area contributed by atoms with E-state index in [4.69, 9.17) is 0 Å². The Labute approximate surface area is 119 Å². The highest BCUT2D eigenvalue weighted by Crippen LogP contribution is 2.42. The second-order valence-corrected chi connectivity index (χ2v) is 6.28. The van der Waals surface area contributed by atoms with E-state index in [2.05, 4.69) is 15.9 Å². The van der Waals surface area contributed by atoms with E-state index >= 15 is 0 Å². The van der Waals surface area contributed by atoms with E-state index in [9.17, 15) is 15.2 Å². The molecule has 2 aliphatic rings. The SMILES string of the molecule is O=[N+]([O-])c1ccc(Br)cc1N1CC2CCC(O)C2C1. The fraction of sp³-hybridized carbons (Fsp3) is 0.538.